The molecule has 3 aliphatic rings. The highest BCUT2D eigenvalue weighted by Gasteiger charge is 2.36. The summed E-state index contributed by atoms with van der Waals surface area (Å²) in [6, 6.07) is 10.2. The molecule has 0 saturated heterocycles. The second-order valence-corrected chi connectivity index (χ2v) is 12.0. The van der Waals surface area contributed by atoms with Crippen LogP contribution in [0.1, 0.15) is 48.7 Å². The van der Waals surface area contributed by atoms with Crippen LogP contribution in [0.5, 0.6) is 5.88 Å². The van der Waals surface area contributed by atoms with Crippen molar-refractivity contribution in [3.05, 3.63) is 47.8 Å². The lowest BCUT2D eigenvalue weighted by molar-refractivity contribution is 0.100. The summed E-state index contributed by atoms with van der Waals surface area (Å²) in [6.45, 7) is 6.40. The van der Waals surface area contributed by atoms with Gasteiger partial charge in [-0.05, 0) is 95.8 Å². The predicted octanol–water partition coefficient (Wildman–Crippen LogP) is 4.78. The van der Waals surface area contributed by atoms with Gasteiger partial charge in [0.2, 0.25) is 11.8 Å². The summed E-state index contributed by atoms with van der Waals surface area (Å²) in [6.07, 6.45) is 6.22. The Morgan fingerprint density at radius 1 is 1.17 bits per heavy atom. The Bertz CT molecular complexity index is 1470. The number of carbonyl (C=O) groups is 1. The third-order valence-corrected chi connectivity index (χ3v) is 8.07. The molecule has 0 radical (unpaired) electrons. The van der Waals surface area contributed by atoms with Crippen molar-refractivity contribution >= 4 is 28.9 Å². The van der Waals surface area contributed by atoms with Gasteiger partial charge in [-0.15, -0.1) is 0 Å². The molecule has 41 heavy (non-hydrogen) atoms. The third-order valence-electron chi connectivity index (χ3n) is 8.07. The Hall–Kier alpha value is -3.92. The summed E-state index contributed by atoms with van der Waals surface area (Å²) in [5, 5.41) is 11.5. The van der Waals surface area contributed by atoms with E-state index in [2.05, 4.69) is 69.7 Å². The molecule has 3 aromatic rings. The fraction of sp³-hybridized carbons (Fsp3) is 0.484. The fourth-order valence-electron chi connectivity index (χ4n) is 6.06. The zero-order valence-electron chi connectivity index (χ0n) is 24.6. The molecule has 2 N–H and O–H groups in total. The Kier molecular flexibility index (Phi) is 7.42. The molecule has 6 rings (SSSR count). The summed E-state index contributed by atoms with van der Waals surface area (Å²) in [7, 11) is 6.04. The molecule has 0 spiro atoms. The van der Waals surface area contributed by atoms with Crippen molar-refractivity contribution in [3.8, 4) is 17.1 Å². The summed E-state index contributed by atoms with van der Waals surface area (Å²) >= 11 is 0. The van der Waals surface area contributed by atoms with Gasteiger partial charge in [0, 0.05) is 43.1 Å². The van der Waals surface area contributed by atoms with Crippen LogP contribution in [0.25, 0.3) is 11.3 Å². The van der Waals surface area contributed by atoms with E-state index in [1.54, 1.807) is 23.0 Å². The summed E-state index contributed by atoms with van der Waals surface area (Å²) < 4.78 is 8.01. The number of benzene rings is 1. The van der Waals surface area contributed by atoms with Crippen LogP contribution in [0.2, 0.25) is 0 Å². The number of hydrogen-bond donors (Lipinski definition) is 2. The average molecular weight is 557 g/mol. The fourth-order valence-corrected chi connectivity index (χ4v) is 6.06. The monoisotopic (exact) mass is 556 g/mol. The van der Waals surface area contributed by atoms with Gasteiger partial charge in [0.25, 0.3) is 5.91 Å². The van der Waals surface area contributed by atoms with E-state index < -0.39 is 0 Å². The molecule has 1 aliphatic carbocycles. The van der Waals surface area contributed by atoms with Gasteiger partial charge < -0.3 is 25.2 Å². The minimum Gasteiger partial charge on any atom is -0.477 e. The summed E-state index contributed by atoms with van der Waals surface area (Å²) in [4.78, 5) is 27.4. The van der Waals surface area contributed by atoms with Gasteiger partial charge in [-0.3, -0.25) is 9.78 Å². The van der Waals surface area contributed by atoms with E-state index in [0.717, 1.165) is 54.3 Å². The number of nitrogens with zero attached hydrogens (tertiary/aromatic N) is 6. The first-order valence-electron chi connectivity index (χ1n) is 14.6. The number of aryl methyl sites for hydroxylation is 2. The Morgan fingerprint density at radius 3 is 2.78 bits per heavy atom. The standard InChI is InChI=1S/C31H40N8O2/c1-19-13-23-14-27(34-19)25-16-32-38(5)30(25)41-12-6-7-22(21-8-9-21)18-39-28-15-24(33-20(2)17-37(3)4)10-11-26(28)35-31(39)36-29(23)40/h10-11,13-16,20-22,33H,6-9,12,17-18H2,1-5H3,(H,35,36,40)/t20?,22-/m1/s1. The van der Waals surface area contributed by atoms with Gasteiger partial charge in [0.1, 0.15) is 0 Å². The lowest BCUT2D eigenvalue weighted by atomic mass is 9.97. The van der Waals surface area contributed by atoms with E-state index in [0.29, 0.717) is 41.5 Å². The number of rotatable bonds is 5. The first kappa shape index (κ1) is 27.3. The van der Waals surface area contributed by atoms with Crippen LogP contribution in [0.4, 0.5) is 17.1 Å². The third kappa shape index (κ3) is 5.93. The lowest BCUT2D eigenvalue weighted by Gasteiger charge is -2.26. The van der Waals surface area contributed by atoms with Gasteiger partial charge in [-0.1, -0.05) is 0 Å². The number of likely N-dealkylation sites (N-methyl/N-ethyl adjacent to an activating group) is 1. The molecule has 2 aliphatic heterocycles. The Balaban J connectivity index is 1.38. The Morgan fingerprint density at radius 2 is 2.00 bits per heavy atom. The number of nitrogens with one attached hydrogen (secondary N) is 2. The number of ether oxygens (including phenoxy) is 1. The van der Waals surface area contributed by atoms with Gasteiger partial charge in [0.05, 0.1) is 35.4 Å². The zero-order valence-corrected chi connectivity index (χ0v) is 24.6. The minimum atomic E-state index is -0.306. The van der Waals surface area contributed by atoms with Crippen LogP contribution in [-0.2, 0) is 7.05 Å². The maximum Gasteiger partial charge on any atom is 0.280 e. The van der Waals surface area contributed by atoms with Crippen molar-refractivity contribution in [3.63, 3.8) is 0 Å². The van der Waals surface area contributed by atoms with E-state index in [-0.39, 0.29) is 11.9 Å². The summed E-state index contributed by atoms with van der Waals surface area (Å²) in [5.41, 5.74) is 5.73. The van der Waals surface area contributed by atoms with Crippen molar-refractivity contribution in [2.75, 3.05) is 49.3 Å². The number of pyridine rings is 1. The molecule has 2 atom stereocenters. The molecule has 1 saturated carbocycles. The van der Waals surface area contributed by atoms with Gasteiger partial charge in [-0.25, -0.2) is 4.68 Å². The number of hydrogen-bond acceptors (Lipinski definition) is 8. The first-order valence-corrected chi connectivity index (χ1v) is 14.6. The molecule has 10 nitrogen and oxygen atoms in total. The highest BCUT2D eigenvalue weighted by Crippen LogP contribution is 2.43. The van der Waals surface area contributed by atoms with E-state index in [1.807, 2.05) is 14.0 Å². The van der Waals surface area contributed by atoms with Crippen molar-refractivity contribution in [2.24, 2.45) is 23.9 Å². The lowest BCUT2D eigenvalue weighted by Crippen LogP contribution is -2.36. The first-order chi connectivity index (χ1) is 19.7. The zero-order chi connectivity index (χ0) is 28.7. The van der Waals surface area contributed by atoms with Crippen LogP contribution < -0.4 is 20.3 Å². The normalized spacial score (nSPS) is 20.9. The second-order valence-electron chi connectivity index (χ2n) is 12.0. The van der Waals surface area contributed by atoms with Crippen LogP contribution >= 0.6 is 0 Å². The van der Waals surface area contributed by atoms with E-state index >= 15 is 0 Å². The number of aromatic nitrogens is 3. The highest BCUT2D eigenvalue weighted by molar-refractivity contribution is 6.19. The molecular weight excluding hydrogens is 516 g/mol. The maximum atomic E-state index is 13.7. The van der Waals surface area contributed by atoms with E-state index in [9.17, 15) is 4.79 Å². The van der Waals surface area contributed by atoms with E-state index in [1.165, 1.54) is 12.8 Å². The summed E-state index contributed by atoms with van der Waals surface area (Å²) in [5.74, 6) is 2.10. The smallest absolute Gasteiger partial charge is 0.280 e. The molecule has 1 fully saturated rings. The Labute approximate surface area is 241 Å². The van der Waals surface area contributed by atoms with Crippen molar-refractivity contribution in [2.45, 2.75) is 45.6 Å². The molecule has 1 amide bonds. The number of guanidine groups is 1. The van der Waals surface area contributed by atoms with Gasteiger partial charge in [-0.2, -0.15) is 10.1 Å². The number of anilines is 3. The molecule has 216 valence electrons. The quantitative estimate of drug-likeness (QED) is 0.463. The molecule has 1 unspecified atom stereocenters. The van der Waals surface area contributed by atoms with Gasteiger partial charge in [0.15, 0.2) is 0 Å². The molecule has 2 bridgehead atoms. The SMILES string of the molecule is Cc1cc2cc(n1)-c1cnn(C)c1OCCC[C@@H](C1CC1)CN1/C(=N/C2=O)Nc2ccc(NC(C)CN(C)C)cc21. The van der Waals surface area contributed by atoms with Crippen molar-refractivity contribution in [1.29, 1.82) is 0 Å². The molecular formula is C31H40N8O2. The van der Waals surface area contributed by atoms with E-state index in [4.69, 9.17) is 9.72 Å². The molecule has 10 heteroatoms. The number of amides is 1. The number of fused-ring (bicyclic) bond motifs is 7. The molecule has 1 aromatic carbocycles. The van der Waals surface area contributed by atoms with Gasteiger partial charge >= 0.3 is 0 Å². The molecule has 4 heterocycles. The predicted molar refractivity (Wildman–Crippen MR) is 163 cm³/mol. The van der Waals surface area contributed by atoms with Crippen LogP contribution in [-0.4, -0.2) is 71.4 Å². The van der Waals surface area contributed by atoms with Crippen molar-refractivity contribution in [1.82, 2.24) is 19.7 Å². The number of carbonyl (C=O) groups excluding carboxylic acids is 1. The second kappa shape index (κ2) is 11.2. The van der Waals surface area contributed by atoms with Crippen molar-refractivity contribution < 1.29 is 9.53 Å². The maximum absolute atomic E-state index is 13.7. The van der Waals surface area contributed by atoms with Crippen LogP contribution in [0, 0.1) is 18.8 Å². The average Bonchev–Trinajstić information content (AvgIpc) is 3.62. The number of aliphatic imine (C=N–C) groups is 1. The van der Waals surface area contributed by atoms with Crippen LogP contribution in [0.3, 0.4) is 0 Å². The highest BCUT2D eigenvalue weighted by atomic mass is 16.5. The largest absolute Gasteiger partial charge is 0.477 e. The minimum absolute atomic E-state index is 0.290. The van der Waals surface area contributed by atoms with Crippen LogP contribution in [0.15, 0.2) is 41.5 Å². The topological polar surface area (TPSA) is 99.9 Å². The molecule has 2 aromatic heterocycles.